The molecular weight excluding hydrogens is 268 g/mol. The van der Waals surface area contributed by atoms with Crippen LogP contribution < -0.4 is 10.6 Å². The molecule has 6 nitrogen and oxygen atoms in total. The van der Waals surface area contributed by atoms with E-state index in [9.17, 15) is 9.59 Å². The molecule has 1 aliphatic heterocycles. The van der Waals surface area contributed by atoms with Crippen molar-refractivity contribution in [3.8, 4) is 0 Å². The van der Waals surface area contributed by atoms with Gasteiger partial charge in [-0.3, -0.25) is 9.78 Å². The maximum Gasteiger partial charge on any atom is 0.317 e. The summed E-state index contributed by atoms with van der Waals surface area (Å²) in [6.45, 7) is 5.21. The minimum atomic E-state index is -0.104. The second kappa shape index (κ2) is 7.06. The monoisotopic (exact) mass is 290 g/mol. The molecule has 0 aromatic carbocycles. The molecule has 1 fully saturated rings. The number of carbonyl (C=O) groups is 2. The molecule has 0 saturated carbocycles. The minimum absolute atomic E-state index is 0.0259. The summed E-state index contributed by atoms with van der Waals surface area (Å²) in [5.41, 5.74) is 0.567. The number of pyridine rings is 1. The lowest BCUT2D eigenvalue weighted by molar-refractivity contribution is 0.0917. The predicted octanol–water partition coefficient (Wildman–Crippen LogP) is 1.39. The van der Waals surface area contributed by atoms with Crippen LogP contribution in [0.25, 0.3) is 0 Å². The number of hydrogen-bond donors (Lipinski definition) is 2. The maximum atomic E-state index is 12.0. The molecule has 0 unspecified atom stereocenters. The number of nitrogens with zero attached hydrogens (tertiary/aromatic N) is 2. The third-order valence-corrected chi connectivity index (χ3v) is 3.45. The van der Waals surface area contributed by atoms with Gasteiger partial charge >= 0.3 is 6.03 Å². The number of aromatic nitrogens is 1. The number of piperidine rings is 1. The van der Waals surface area contributed by atoms with Crippen LogP contribution in [0.2, 0.25) is 0 Å². The Balaban J connectivity index is 1.79. The number of likely N-dealkylation sites (tertiary alicyclic amines) is 1. The number of carbonyl (C=O) groups excluding carboxylic acids is 2. The van der Waals surface area contributed by atoms with Gasteiger partial charge in [-0.15, -0.1) is 0 Å². The van der Waals surface area contributed by atoms with Gasteiger partial charge in [-0.25, -0.2) is 4.79 Å². The number of nitrogens with one attached hydrogen (secondary N) is 2. The summed E-state index contributed by atoms with van der Waals surface area (Å²) in [5.74, 6) is -0.104. The van der Waals surface area contributed by atoms with Crippen LogP contribution in [-0.4, -0.2) is 47.0 Å². The van der Waals surface area contributed by atoms with Crippen LogP contribution >= 0.6 is 0 Å². The molecule has 1 aliphatic rings. The predicted molar refractivity (Wildman–Crippen MR) is 80.0 cm³/mol. The second-order valence-electron chi connectivity index (χ2n) is 5.58. The molecule has 2 rings (SSSR count). The van der Waals surface area contributed by atoms with Gasteiger partial charge in [0.15, 0.2) is 0 Å². The molecule has 6 heteroatoms. The Hall–Kier alpha value is -2.11. The van der Waals surface area contributed by atoms with Crippen LogP contribution in [-0.2, 0) is 0 Å². The zero-order valence-electron chi connectivity index (χ0n) is 12.5. The average Bonchev–Trinajstić information content (AvgIpc) is 2.48. The fraction of sp³-hybridized carbons (Fsp3) is 0.533. The third kappa shape index (κ3) is 4.44. The van der Waals surface area contributed by atoms with E-state index in [0.29, 0.717) is 18.7 Å². The van der Waals surface area contributed by atoms with E-state index < -0.39 is 0 Å². The molecule has 114 valence electrons. The van der Waals surface area contributed by atoms with Crippen molar-refractivity contribution in [3.63, 3.8) is 0 Å². The summed E-state index contributed by atoms with van der Waals surface area (Å²) >= 11 is 0. The fourth-order valence-corrected chi connectivity index (χ4v) is 2.33. The summed E-state index contributed by atoms with van der Waals surface area (Å²) in [5, 5.41) is 5.88. The molecule has 21 heavy (non-hydrogen) atoms. The smallest absolute Gasteiger partial charge is 0.317 e. The Labute approximate surface area is 124 Å². The van der Waals surface area contributed by atoms with Crippen molar-refractivity contribution in [2.75, 3.05) is 13.1 Å². The summed E-state index contributed by atoms with van der Waals surface area (Å²) in [6.07, 6.45) is 4.75. The van der Waals surface area contributed by atoms with E-state index in [4.69, 9.17) is 0 Å². The van der Waals surface area contributed by atoms with Crippen LogP contribution in [0.5, 0.6) is 0 Å². The second-order valence-corrected chi connectivity index (χ2v) is 5.58. The van der Waals surface area contributed by atoms with Crippen LogP contribution in [0, 0.1) is 0 Å². The van der Waals surface area contributed by atoms with Gasteiger partial charge in [0.05, 0.1) is 5.56 Å². The molecule has 0 radical (unpaired) electrons. The molecule has 0 bridgehead atoms. The van der Waals surface area contributed by atoms with Gasteiger partial charge in [-0.05, 0) is 38.8 Å². The minimum Gasteiger partial charge on any atom is -0.349 e. The Bertz CT molecular complexity index is 482. The Morgan fingerprint density at radius 3 is 2.62 bits per heavy atom. The van der Waals surface area contributed by atoms with Crippen LogP contribution in [0.3, 0.4) is 0 Å². The molecule has 0 atom stereocenters. The normalized spacial score (nSPS) is 15.9. The molecule has 1 saturated heterocycles. The Morgan fingerprint density at radius 2 is 2.05 bits per heavy atom. The highest BCUT2D eigenvalue weighted by molar-refractivity contribution is 5.94. The largest absolute Gasteiger partial charge is 0.349 e. The van der Waals surface area contributed by atoms with Gasteiger partial charge in [0.2, 0.25) is 0 Å². The molecule has 1 aromatic rings. The molecule has 0 aliphatic carbocycles. The summed E-state index contributed by atoms with van der Waals surface area (Å²) in [4.78, 5) is 29.6. The SMILES string of the molecule is CC(C)NC(=O)N1CCC(NC(=O)c2cccnc2)CC1. The first-order valence-electron chi connectivity index (χ1n) is 7.32. The zero-order valence-corrected chi connectivity index (χ0v) is 12.5. The lowest BCUT2D eigenvalue weighted by atomic mass is 10.0. The van der Waals surface area contributed by atoms with Crippen molar-refractivity contribution in [2.24, 2.45) is 0 Å². The standard InChI is InChI=1S/C15H22N4O2/c1-11(2)17-15(21)19-8-5-13(6-9-19)18-14(20)12-4-3-7-16-10-12/h3-4,7,10-11,13H,5-6,8-9H2,1-2H3,(H,17,21)(H,18,20). The first-order chi connectivity index (χ1) is 10.1. The number of amides is 3. The molecule has 1 aromatic heterocycles. The van der Waals surface area contributed by atoms with Crippen LogP contribution in [0.4, 0.5) is 4.79 Å². The van der Waals surface area contributed by atoms with Gasteiger partial charge in [0, 0.05) is 37.6 Å². The van der Waals surface area contributed by atoms with E-state index in [2.05, 4.69) is 15.6 Å². The van der Waals surface area contributed by atoms with Gasteiger partial charge in [0.25, 0.3) is 5.91 Å². The summed E-state index contributed by atoms with van der Waals surface area (Å²) in [7, 11) is 0. The van der Waals surface area contributed by atoms with E-state index in [0.717, 1.165) is 12.8 Å². The van der Waals surface area contributed by atoms with E-state index in [1.54, 1.807) is 29.4 Å². The lowest BCUT2D eigenvalue weighted by Gasteiger charge is -2.32. The maximum absolute atomic E-state index is 12.0. The lowest BCUT2D eigenvalue weighted by Crippen LogP contribution is -2.50. The Morgan fingerprint density at radius 1 is 1.33 bits per heavy atom. The van der Waals surface area contributed by atoms with Gasteiger partial charge in [-0.1, -0.05) is 0 Å². The molecule has 2 heterocycles. The van der Waals surface area contributed by atoms with E-state index >= 15 is 0 Å². The van der Waals surface area contributed by atoms with Gasteiger partial charge in [0.1, 0.15) is 0 Å². The van der Waals surface area contributed by atoms with Crippen molar-refractivity contribution in [2.45, 2.75) is 38.8 Å². The van der Waals surface area contributed by atoms with Gasteiger partial charge < -0.3 is 15.5 Å². The first-order valence-corrected chi connectivity index (χ1v) is 7.32. The quantitative estimate of drug-likeness (QED) is 0.883. The number of hydrogen-bond acceptors (Lipinski definition) is 3. The van der Waals surface area contributed by atoms with Crippen molar-refractivity contribution in [1.82, 2.24) is 20.5 Å². The summed E-state index contributed by atoms with van der Waals surface area (Å²) in [6, 6.07) is 3.71. The number of rotatable bonds is 3. The van der Waals surface area contributed by atoms with Crippen molar-refractivity contribution < 1.29 is 9.59 Å². The fourth-order valence-electron chi connectivity index (χ4n) is 2.33. The van der Waals surface area contributed by atoms with E-state index in [-0.39, 0.29) is 24.0 Å². The van der Waals surface area contributed by atoms with E-state index in [1.165, 1.54) is 0 Å². The highest BCUT2D eigenvalue weighted by Gasteiger charge is 2.24. The Kier molecular flexibility index (Phi) is 5.14. The van der Waals surface area contributed by atoms with Crippen LogP contribution in [0.15, 0.2) is 24.5 Å². The molecule has 3 amide bonds. The third-order valence-electron chi connectivity index (χ3n) is 3.45. The molecule has 0 spiro atoms. The van der Waals surface area contributed by atoms with Gasteiger partial charge in [-0.2, -0.15) is 0 Å². The molecular formula is C15H22N4O2. The average molecular weight is 290 g/mol. The van der Waals surface area contributed by atoms with Crippen molar-refractivity contribution in [1.29, 1.82) is 0 Å². The van der Waals surface area contributed by atoms with Crippen molar-refractivity contribution >= 4 is 11.9 Å². The van der Waals surface area contributed by atoms with Crippen LogP contribution in [0.1, 0.15) is 37.0 Å². The highest BCUT2D eigenvalue weighted by atomic mass is 16.2. The highest BCUT2D eigenvalue weighted by Crippen LogP contribution is 2.11. The number of urea groups is 1. The summed E-state index contributed by atoms with van der Waals surface area (Å²) < 4.78 is 0. The van der Waals surface area contributed by atoms with E-state index in [1.807, 2.05) is 13.8 Å². The zero-order chi connectivity index (χ0) is 15.2. The molecule has 2 N–H and O–H groups in total. The first kappa shape index (κ1) is 15.3. The van der Waals surface area contributed by atoms with Crippen molar-refractivity contribution in [3.05, 3.63) is 30.1 Å². The topological polar surface area (TPSA) is 74.3 Å².